The highest BCUT2D eigenvalue weighted by molar-refractivity contribution is 6.06. The van der Waals surface area contributed by atoms with E-state index < -0.39 is 52.1 Å². The van der Waals surface area contributed by atoms with E-state index in [1.807, 2.05) is 0 Å². The number of rotatable bonds is 5. The van der Waals surface area contributed by atoms with E-state index in [4.69, 9.17) is 0 Å². The molecular weight excluding hydrogens is 443 g/mol. The van der Waals surface area contributed by atoms with Gasteiger partial charge in [-0.05, 0) is 18.9 Å². The number of benzene rings is 2. The topological polar surface area (TPSA) is 38.7 Å². The first kappa shape index (κ1) is 23.5. The molecule has 3 rings (SSSR count). The van der Waals surface area contributed by atoms with Crippen LogP contribution in [0.5, 0.6) is 0 Å². The summed E-state index contributed by atoms with van der Waals surface area (Å²) in [5, 5.41) is 3.60. The van der Waals surface area contributed by atoms with Gasteiger partial charge in [0.25, 0.3) is 6.08 Å². The van der Waals surface area contributed by atoms with Gasteiger partial charge in [0.15, 0.2) is 23.3 Å². The van der Waals surface area contributed by atoms with Crippen molar-refractivity contribution in [1.29, 1.82) is 0 Å². The number of allylic oxidation sites excluding steroid dienone is 1. The summed E-state index contributed by atoms with van der Waals surface area (Å²) in [4.78, 5) is 16.8. The first-order valence-corrected chi connectivity index (χ1v) is 9.58. The smallest absolute Gasteiger partial charge is 0.312 e. The third-order valence-corrected chi connectivity index (χ3v) is 5.28. The fourth-order valence-corrected chi connectivity index (χ4v) is 3.78. The summed E-state index contributed by atoms with van der Waals surface area (Å²) in [7, 11) is 0. The second-order valence-electron chi connectivity index (χ2n) is 7.28. The highest BCUT2D eigenvalue weighted by atomic mass is 19.3. The van der Waals surface area contributed by atoms with Crippen molar-refractivity contribution in [3.05, 3.63) is 82.7 Å². The van der Waals surface area contributed by atoms with Crippen LogP contribution in [0.3, 0.4) is 0 Å². The molecular formula is C22H16F7NO2. The van der Waals surface area contributed by atoms with E-state index in [0.29, 0.717) is 18.9 Å². The molecule has 170 valence electrons. The molecule has 0 aromatic heterocycles. The summed E-state index contributed by atoms with van der Waals surface area (Å²) in [6.07, 6.45) is 1.01. The van der Waals surface area contributed by atoms with Crippen LogP contribution in [0.25, 0.3) is 0 Å². The number of hydrogen-bond donors (Lipinski definition) is 0. The molecule has 0 N–H and O–H groups in total. The number of halogens is 7. The van der Waals surface area contributed by atoms with Crippen molar-refractivity contribution in [2.75, 3.05) is 0 Å². The number of oxime groups is 1. The maximum atomic E-state index is 13.9. The Kier molecular flexibility index (Phi) is 7.00. The van der Waals surface area contributed by atoms with Crippen LogP contribution >= 0.6 is 0 Å². The lowest BCUT2D eigenvalue weighted by atomic mass is 9.69. The molecule has 0 saturated heterocycles. The average molecular weight is 459 g/mol. The lowest BCUT2D eigenvalue weighted by Gasteiger charge is -2.35. The lowest BCUT2D eigenvalue weighted by Crippen LogP contribution is -2.33. The van der Waals surface area contributed by atoms with Crippen molar-refractivity contribution in [3.8, 4) is 0 Å². The zero-order valence-corrected chi connectivity index (χ0v) is 16.4. The molecule has 0 spiro atoms. The van der Waals surface area contributed by atoms with Crippen LogP contribution in [0.15, 0.2) is 47.6 Å². The summed E-state index contributed by atoms with van der Waals surface area (Å²) >= 11 is 0. The maximum Gasteiger partial charge on any atom is 0.371 e. The first-order valence-electron chi connectivity index (χ1n) is 9.58. The quantitative estimate of drug-likeness (QED) is 0.125. The highest BCUT2D eigenvalue weighted by Crippen LogP contribution is 2.42. The minimum Gasteiger partial charge on any atom is -0.312 e. The predicted molar refractivity (Wildman–Crippen MR) is 100 cm³/mol. The van der Waals surface area contributed by atoms with Gasteiger partial charge < -0.3 is 4.84 Å². The number of carbonyl (C=O) groups is 1. The van der Waals surface area contributed by atoms with Crippen molar-refractivity contribution >= 4 is 11.7 Å². The summed E-state index contributed by atoms with van der Waals surface area (Å²) in [5.41, 5.74) is -3.02. The van der Waals surface area contributed by atoms with E-state index in [1.54, 1.807) is 18.2 Å². The van der Waals surface area contributed by atoms with E-state index in [9.17, 15) is 35.5 Å². The standard InChI is InChI=1S/C22H16F7NO2/c23-13(24)11-22(9-5-2-6-10-22)20(12-7-3-1-4-8-12)30-32-21(31)14-15(25)17(27)19(29)18(28)16(14)26/h1,3-4,7-8,11H,2,5-6,9-10H2/b30-20+. The summed E-state index contributed by atoms with van der Waals surface area (Å²) < 4.78 is 94.6. The van der Waals surface area contributed by atoms with Crippen molar-refractivity contribution in [3.63, 3.8) is 0 Å². The Morgan fingerprint density at radius 2 is 1.38 bits per heavy atom. The molecule has 0 heterocycles. The van der Waals surface area contributed by atoms with Crippen LogP contribution in [0, 0.1) is 34.5 Å². The normalized spacial score (nSPS) is 15.9. The van der Waals surface area contributed by atoms with Crippen LogP contribution in [-0.2, 0) is 4.84 Å². The Bertz CT molecular complexity index is 1040. The van der Waals surface area contributed by atoms with Gasteiger partial charge in [-0.2, -0.15) is 8.78 Å². The Balaban J connectivity index is 2.09. The van der Waals surface area contributed by atoms with Crippen LogP contribution in [0.2, 0.25) is 0 Å². The lowest BCUT2D eigenvalue weighted by molar-refractivity contribution is 0.0496. The Morgan fingerprint density at radius 3 is 1.91 bits per heavy atom. The van der Waals surface area contributed by atoms with Gasteiger partial charge in [-0.1, -0.05) is 54.8 Å². The van der Waals surface area contributed by atoms with Crippen molar-refractivity contribution < 1.29 is 40.4 Å². The van der Waals surface area contributed by atoms with E-state index in [-0.39, 0.29) is 24.1 Å². The van der Waals surface area contributed by atoms with E-state index >= 15 is 0 Å². The number of carbonyl (C=O) groups excluding carboxylic acids is 1. The van der Waals surface area contributed by atoms with Crippen molar-refractivity contribution in [1.82, 2.24) is 0 Å². The molecule has 1 aliphatic carbocycles. The maximum absolute atomic E-state index is 13.9. The second-order valence-corrected chi connectivity index (χ2v) is 7.28. The average Bonchev–Trinajstić information content (AvgIpc) is 2.77. The van der Waals surface area contributed by atoms with Gasteiger partial charge in [-0.15, -0.1) is 0 Å². The van der Waals surface area contributed by atoms with Gasteiger partial charge in [0.2, 0.25) is 5.82 Å². The van der Waals surface area contributed by atoms with Crippen LogP contribution in [0.1, 0.15) is 48.0 Å². The molecule has 1 saturated carbocycles. The molecule has 10 heteroatoms. The molecule has 1 aliphatic rings. The van der Waals surface area contributed by atoms with Gasteiger partial charge in [-0.3, -0.25) is 0 Å². The molecule has 0 amide bonds. The van der Waals surface area contributed by atoms with Gasteiger partial charge in [0.1, 0.15) is 5.56 Å². The third kappa shape index (κ3) is 4.53. The number of hydrogen-bond acceptors (Lipinski definition) is 3. The fraction of sp³-hybridized carbons (Fsp3) is 0.273. The molecule has 0 radical (unpaired) electrons. The third-order valence-electron chi connectivity index (χ3n) is 5.28. The molecule has 0 unspecified atom stereocenters. The predicted octanol–water partition coefficient (Wildman–Crippen LogP) is 6.67. The summed E-state index contributed by atoms with van der Waals surface area (Å²) in [5.74, 6) is -13.8. The largest absolute Gasteiger partial charge is 0.371 e. The second kappa shape index (κ2) is 9.54. The first-order chi connectivity index (χ1) is 15.2. The zero-order valence-electron chi connectivity index (χ0n) is 16.4. The molecule has 0 atom stereocenters. The Hall–Kier alpha value is -3.17. The zero-order chi connectivity index (χ0) is 23.5. The van der Waals surface area contributed by atoms with Crippen LogP contribution in [-0.4, -0.2) is 11.7 Å². The fourth-order valence-electron chi connectivity index (χ4n) is 3.78. The monoisotopic (exact) mass is 459 g/mol. The van der Waals surface area contributed by atoms with Crippen LogP contribution < -0.4 is 0 Å². The minimum atomic E-state index is -2.44. The van der Waals surface area contributed by atoms with E-state index in [0.717, 1.165) is 6.42 Å². The van der Waals surface area contributed by atoms with Gasteiger partial charge in [-0.25, -0.2) is 26.7 Å². The van der Waals surface area contributed by atoms with E-state index in [2.05, 4.69) is 9.99 Å². The molecule has 1 fully saturated rings. The SMILES string of the molecule is O=C(O/N=C(\c1ccccc1)C1(C=C(F)F)CCCCC1)c1c(F)c(F)c(F)c(F)c1F. The highest BCUT2D eigenvalue weighted by Gasteiger charge is 2.38. The molecule has 32 heavy (non-hydrogen) atoms. The van der Waals surface area contributed by atoms with Crippen LogP contribution in [0.4, 0.5) is 30.7 Å². The van der Waals surface area contributed by atoms with Gasteiger partial charge in [0.05, 0.1) is 5.71 Å². The number of nitrogens with zero attached hydrogens (tertiary/aromatic N) is 1. The molecule has 0 aliphatic heterocycles. The molecule has 3 nitrogen and oxygen atoms in total. The molecule has 0 bridgehead atoms. The Morgan fingerprint density at radius 1 is 0.844 bits per heavy atom. The van der Waals surface area contributed by atoms with Gasteiger partial charge in [0, 0.05) is 11.0 Å². The summed E-state index contributed by atoms with van der Waals surface area (Å²) in [6.45, 7) is 0. The van der Waals surface area contributed by atoms with Gasteiger partial charge >= 0.3 is 5.97 Å². The van der Waals surface area contributed by atoms with E-state index in [1.165, 1.54) is 12.1 Å². The molecule has 2 aromatic rings. The minimum absolute atomic E-state index is 0.122. The van der Waals surface area contributed by atoms with Crippen molar-refractivity contribution in [2.24, 2.45) is 10.6 Å². The summed E-state index contributed by atoms with van der Waals surface area (Å²) in [6, 6.07) is 7.80. The molecule has 2 aromatic carbocycles. The van der Waals surface area contributed by atoms with Crippen molar-refractivity contribution in [2.45, 2.75) is 32.1 Å². The Labute approximate surface area is 178 Å².